The molecule has 0 spiro atoms. The van der Waals surface area contributed by atoms with Crippen LogP contribution in [-0.4, -0.2) is 19.9 Å². The molecule has 10 aromatic carbocycles. The number of rotatable bonds is 8. The molecule has 0 unspecified atom stereocenters. The average molecular weight is 1000 g/mol. The Morgan fingerprint density at radius 3 is 0.808 bits per heavy atom. The van der Waals surface area contributed by atoms with Crippen LogP contribution in [0.25, 0.3) is 78.6 Å². The second kappa shape index (κ2) is 18.5. The fraction of sp³-hybridized carbons (Fsp3) is 0.0833. The lowest BCUT2D eigenvalue weighted by Crippen LogP contribution is -2.31. The van der Waals surface area contributed by atoms with E-state index in [1.165, 1.54) is 22.3 Å². The van der Waals surface area contributed by atoms with Gasteiger partial charge in [0, 0.05) is 55.0 Å². The van der Waals surface area contributed by atoms with E-state index in [0.717, 1.165) is 101 Å². The Labute approximate surface area is 455 Å². The molecule has 2 aromatic heterocycles. The molecule has 78 heavy (non-hydrogen) atoms. The summed E-state index contributed by atoms with van der Waals surface area (Å²) in [5, 5.41) is 2.11. The minimum Gasteiger partial charge on any atom is -0.309 e. The van der Waals surface area contributed by atoms with Gasteiger partial charge in [0.25, 0.3) is 0 Å². The molecule has 4 heterocycles. The number of anilines is 6. The smallest absolute Gasteiger partial charge is 0.160 e. The summed E-state index contributed by atoms with van der Waals surface area (Å²) in [4.78, 5) is 26.6. The van der Waals surface area contributed by atoms with Crippen molar-refractivity contribution in [2.24, 2.45) is 0 Å². The minimum atomic E-state index is -0.286. The van der Waals surface area contributed by atoms with Crippen LogP contribution in [0.5, 0.6) is 0 Å². The molecular formula is C72H54N6. The number of para-hydroxylation sites is 4. The van der Waals surface area contributed by atoms with Crippen LogP contribution in [-0.2, 0) is 10.8 Å². The van der Waals surface area contributed by atoms with Crippen molar-refractivity contribution in [2.75, 3.05) is 9.80 Å². The molecule has 0 radical (unpaired) electrons. The third-order valence-corrected chi connectivity index (χ3v) is 16.0. The monoisotopic (exact) mass is 1000 g/mol. The zero-order valence-electron chi connectivity index (χ0n) is 43.9. The highest BCUT2D eigenvalue weighted by Crippen LogP contribution is 2.57. The van der Waals surface area contributed by atoms with E-state index in [1.807, 2.05) is 12.1 Å². The van der Waals surface area contributed by atoms with Gasteiger partial charge < -0.3 is 9.80 Å². The first-order valence-corrected chi connectivity index (χ1v) is 26.8. The topological polar surface area (TPSA) is 58.0 Å². The molecule has 0 aliphatic carbocycles. The predicted octanol–water partition coefficient (Wildman–Crippen LogP) is 18.6. The van der Waals surface area contributed by atoms with Gasteiger partial charge in [0.2, 0.25) is 0 Å². The average Bonchev–Trinajstić information content (AvgIpc) is 3.68. The summed E-state index contributed by atoms with van der Waals surface area (Å²) in [6.45, 7) is 9.39. The van der Waals surface area contributed by atoms with E-state index >= 15 is 0 Å². The second-order valence-electron chi connectivity index (χ2n) is 21.5. The van der Waals surface area contributed by atoms with Crippen LogP contribution < -0.4 is 9.80 Å². The molecular weight excluding hydrogens is 949 g/mol. The maximum atomic E-state index is 5.52. The number of benzene rings is 10. The van der Waals surface area contributed by atoms with Gasteiger partial charge in [0.05, 0.1) is 56.9 Å². The molecule has 0 amide bonds. The fourth-order valence-corrected chi connectivity index (χ4v) is 12.1. The van der Waals surface area contributed by atoms with E-state index in [1.54, 1.807) is 0 Å². The SMILES string of the molecule is CC1(C)c2ccccc2N(c2cc(-c3cc(-c4ccccc4)nc(-c4ccccc4)n3)cc3c(N4c5ccccc5C(C)(C)c5ccccc54)cc(-c4cc(-c5ccccc5)nc(-c5ccccc5)n4)cc23)c2ccccc21. The van der Waals surface area contributed by atoms with Gasteiger partial charge in [-0.3, -0.25) is 0 Å². The summed E-state index contributed by atoms with van der Waals surface area (Å²) in [5.41, 5.74) is 20.1. The number of hydrogen-bond acceptors (Lipinski definition) is 6. The summed E-state index contributed by atoms with van der Waals surface area (Å²) in [5.74, 6) is 1.32. The standard InChI is InChI=1S/C72H54N6/c1-71(2)55-33-17-21-37-63(55)77(64-38-22-18-34-56(64)71)67-43-51(61-45-59(47-25-9-5-10-26-47)73-69(75-61)49-29-13-7-14-30-49)42-54-53(67)41-52(62-46-60(48-27-11-6-12-28-48)74-70(76-62)50-31-15-8-16-32-50)44-68(54)78-65-39-23-19-35-57(65)72(3,4)58-36-20-24-40-66(58)78/h5-46H,1-4H3. The molecule has 0 fully saturated rings. The van der Waals surface area contributed by atoms with Gasteiger partial charge in [0.1, 0.15) is 0 Å². The van der Waals surface area contributed by atoms with Gasteiger partial charge >= 0.3 is 0 Å². The molecule has 6 nitrogen and oxygen atoms in total. The third kappa shape index (κ3) is 7.78. The first-order chi connectivity index (χ1) is 38.2. The molecule has 0 atom stereocenters. The summed E-state index contributed by atoms with van der Waals surface area (Å²) < 4.78 is 0. The van der Waals surface area contributed by atoms with E-state index in [4.69, 9.17) is 19.9 Å². The number of nitrogens with zero attached hydrogens (tertiary/aromatic N) is 6. The van der Waals surface area contributed by atoms with E-state index in [2.05, 4.69) is 280 Å². The Kier molecular flexibility index (Phi) is 11.1. The number of fused-ring (bicyclic) bond motifs is 5. The van der Waals surface area contributed by atoms with Crippen LogP contribution >= 0.6 is 0 Å². The van der Waals surface area contributed by atoms with E-state index in [9.17, 15) is 0 Å². The van der Waals surface area contributed by atoms with Crippen molar-refractivity contribution in [1.29, 1.82) is 0 Å². The summed E-state index contributed by atoms with van der Waals surface area (Å²) in [6, 6.07) is 91.0. The Morgan fingerprint density at radius 1 is 0.244 bits per heavy atom. The molecule has 2 aliphatic rings. The Balaban J connectivity index is 1.15. The maximum absolute atomic E-state index is 5.52. The Hall–Kier alpha value is -9.78. The first kappa shape index (κ1) is 46.7. The zero-order chi connectivity index (χ0) is 52.5. The lowest BCUT2D eigenvalue weighted by molar-refractivity contribution is 0.632. The largest absolute Gasteiger partial charge is 0.309 e. The highest BCUT2D eigenvalue weighted by molar-refractivity contribution is 6.12. The molecule has 14 rings (SSSR count). The lowest BCUT2D eigenvalue weighted by Gasteiger charge is -2.43. The number of aromatic nitrogens is 4. The van der Waals surface area contributed by atoms with Crippen molar-refractivity contribution < 1.29 is 0 Å². The summed E-state index contributed by atoms with van der Waals surface area (Å²) >= 11 is 0. The maximum Gasteiger partial charge on any atom is 0.160 e. The highest BCUT2D eigenvalue weighted by Gasteiger charge is 2.40. The van der Waals surface area contributed by atoms with Crippen molar-refractivity contribution in [2.45, 2.75) is 38.5 Å². The Bertz CT molecular complexity index is 3780. The molecule has 0 saturated carbocycles. The van der Waals surface area contributed by atoms with Crippen LogP contribution in [0.2, 0.25) is 0 Å². The van der Waals surface area contributed by atoms with Gasteiger partial charge in [-0.2, -0.15) is 0 Å². The van der Waals surface area contributed by atoms with Gasteiger partial charge in [-0.15, -0.1) is 0 Å². The quantitative estimate of drug-likeness (QED) is 0.151. The van der Waals surface area contributed by atoms with Gasteiger partial charge in [0.15, 0.2) is 11.6 Å². The van der Waals surface area contributed by atoms with Gasteiger partial charge in [-0.25, -0.2) is 19.9 Å². The highest BCUT2D eigenvalue weighted by atomic mass is 15.2. The molecule has 0 saturated heterocycles. The van der Waals surface area contributed by atoms with Crippen molar-refractivity contribution >= 4 is 44.9 Å². The molecule has 6 heteroatoms. The van der Waals surface area contributed by atoms with Crippen LogP contribution in [0, 0.1) is 0 Å². The molecule has 0 bridgehead atoms. The van der Waals surface area contributed by atoms with Crippen molar-refractivity contribution in [3.05, 3.63) is 277 Å². The fourth-order valence-electron chi connectivity index (χ4n) is 12.1. The van der Waals surface area contributed by atoms with Gasteiger partial charge in [-0.1, -0.05) is 222 Å². The van der Waals surface area contributed by atoms with Gasteiger partial charge in [-0.05, 0) is 82.9 Å². The van der Waals surface area contributed by atoms with E-state index in [0.29, 0.717) is 11.6 Å². The first-order valence-electron chi connectivity index (χ1n) is 26.8. The lowest BCUT2D eigenvalue weighted by atomic mass is 9.73. The zero-order valence-corrected chi connectivity index (χ0v) is 43.9. The minimum absolute atomic E-state index is 0.286. The number of hydrogen-bond donors (Lipinski definition) is 0. The molecule has 2 aliphatic heterocycles. The molecule has 0 N–H and O–H groups in total. The van der Waals surface area contributed by atoms with Crippen LogP contribution in [0.15, 0.2) is 255 Å². The van der Waals surface area contributed by atoms with Crippen LogP contribution in [0.4, 0.5) is 34.1 Å². The third-order valence-electron chi connectivity index (χ3n) is 16.0. The van der Waals surface area contributed by atoms with Crippen molar-refractivity contribution in [3.8, 4) is 67.8 Å². The Morgan fingerprint density at radius 2 is 0.500 bits per heavy atom. The van der Waals surface area contributed by atoms with E-state index in [-0.39, 0.29) is 10.8 Å². The summed E-state index contributed by atoms with van der Waals surface area (Å²) in [7, 11) is 0. The van der Waals surface area contributed by atoms with Crippen molar-refractivity contribution in [3.63, 3.8) is 0 Å². The molecule has 12 aromatic rings. The van der Waals surface area contributed by atoms with Crippen LogP contribution in [0.1, 0.15) is 49.9 Å². The normalized spacial score (nSPS) is 13.8. The van der Waals surface area contributed by atoms with Crippen LogP contribution in [0.3, 0.4) is 0 Å². The predicted molar refractivity (Wildman–Crippen MR) is 321 cm³/mol. The van der Waals surface area contributed by atoms with Crippen molar-refractivity contribution in [1.82, 2.24) is 19.9 Å². The second-order valence-corrected chi connectivity index (χ2v) is 21.5. The molecule has 372 valence electrons. The summed E-state index contributed by atoms with van der Waals surface area (Å²) in [6.07, 6.45) is 0. The van der Waals surface area contributed by atoms with E-state index < -0.39 is 0 Å².